The highest BCUT2D eigenvalue weighted by atomic mass is 16.7. The Balaban J connectivity index is 2.25. The van der Waals surface area contributed by atoms with Gasteiger partial charge in [-0.25, -0.2) is 0 Å². The van der Waals surface area contributed by atoms with E-state index in [9.17, 15) is 4.79 Å². The second-order valence-electron chi connectivity index (χ2n) is 4.41. The van der Waals surface area contributed by atoms with Crippen LogP contribution in [0.25, 0.3) is 0 Å². The third-order valence-electron chi connectivity index (χ3n) is 3.03. The Kier molecular flexibility index (Phi) is 3.50. The molecule has 0 radical (unpaired) electrons. The fourth-order valence-electron chi connectivity index (χ4n) is 1.96. The lowest BCUT2D eigenvalue weighted by molar-refractivity contribution is -0.107. The molecule has 1 unspecified atom stereocenters. The minimum atomic E-state index is -0.105. The van der Waals surface area contributed by atoms with Crippen molar-refractivity contribution < 1.29 is 9.63 Å². The van der Waals surface area contributed by atoms with Crippen molar-refractivity contribution in [1.82, 2.24) is 0 Å². The van der Waals surface area contributed by atoms with Gasteiger partial charge < -0.3 is 14.6 Å². The van der Waals surface area contributed by atoms with Crippen molar-refractivity contribution in [3.63, 3.8) is 0 Å². The van der Waals surface area contributed by atoms with Crippen LogP contribution < -0.4 is 9.80 Å². The fraction of sp³-hybridized carbons (Fsp3) is 0.385. The maximum absolute atomic E-state index is 10.9. The second-order valence-corrected chi connectivity index (χ2v) is 4.41. The van der Waals surface area contributed by atoms with Crippen molar-refractivity contribution in [2.75, 3.05) is 23.9 Å². The zero-order chi connectivity index (χ0) is 13.1. The predicted molar refractivity (Wildman–Crippen MR) is 71.9 cm³/mol. The molecule has 0 aromatic heterocycles. The summed E-state index contributed by atoms with van der Waals surface area (Å²) >= 11 is 0. The van der Waals surface area contributed by atoms with E-state index in [1.807, 2.05) is 43.1 Å². The number of hydrogen-bond acceptors (Lipinski definition) is 4. The Bertz CT molecular complexity index is 473. The number of anilines is 2. The molecule has 0 bridgehead atoms. The molecule has 0 spiro atoms. The van der Waals surface area contributed by atoms with Gasteiger partial charge in [0.05, 0.1) is 17.1 Å². The van der Waals surface area contributed by atoms with Gasteiger partial charge in [0.1, 0.15) is 0 Å². The molecule has 1 atom stereocenters. The molecule has 96 valence electrons. The van der Waals surface area contributed by atoms with E-state index in [4.69, 9.17) is 4.84 Å². The number of amides is 1. The molecule has 1 amide bonds. The predicted octanol–water partition coefficient (Wildman–Crippen LogP) is 1.84. The summed E-state index contributed by atoms with van der Waals surface area (Å²) in [5.41, 5.74) is 2.78. The smallest absolute Gasteiger partial charge is 0.213 e. The van der Waals surface area contributed by atoms with Gasteiger partial charge in [0, 0.05) is 20.5 Å². The Morgan fingerprint density at radius 1 is 1.33 bits per heavy atom. The van der Waals surface area contributed by atoms with E-state index in [1.165, 1.54) is 0 Å². The van der Waals surface area contributed by atoms with Crippen LogP contribution in [0.2, 0.25) is 0 Å². The first-order valence-electron chi connectivity index (χ1n) is 5.82. The highest BCUT2D eigenvalue weighted by Crippen LogP contribution is 2.30. The molecule has 0 fully saturated rings. The minimum absolute atomic E-state index is 0.105. The summed E-state index contributed by atoms with van der Waals surface area (Å²) in [4.78, 5) is 19.8. The second kappa shape index (κ2) is 5.08. The third kappa shape index (κ3) is 2.30. The maximum atomic E-state index is 10.9. The average Bonchev–Trinajstić information content (AvgIpc) is 2.83. The SMILES string of the molecule is CC1=NOC(N(C)c2ccccc2N(C)C=O)C1. The molecule has 0 saturated carbocycles. The Hall–Kier alpha value is -2.04. The quantitative estimate of drug-likeness (QED) is 0.763. The summed E-state index contributed by atoms with van der Waals surface area (Å²) in [5, 5.41) is 3.95. The summed E-state index contributed by atoms with van der Waals surface area (Å²) in [6, 6.07) is 7.72. The number of hydrogen-bond donors (Lipinski definition) is 0. The molecule has 0 saturated heterocycles. The Morgan fingerprint density at radius 2 is 2.00 bits per heavy atom. The van der Waals surface area contributed by atoms with Gasteiger partial charge in [-0.1, -0.05) is 17.3 Å². The topological polar surface area (TPSA) is 45.1 Å². The molecule has 1 aliphatic rings. The molecule has 5 nitrogen and oxygen atoms in total. The van der Waals surface area contributed by atoms with E-state index in [2.05, 4.69) is 5.16 Å². The fourth-order valence-corrected chi connectivity index (χ4v) is 1.96. The summed E-state index contributed by atoms with van der Waals surface area (Å²) in [6.07, 6.45) is 1.46. The number of benzene rings is 1. The standard InChI is InChI=1S/C13H17N3O2/c1-10-8-13(18-14-10)16(3)12-7-5-4-6-11(12)15(2)9-17/h4-7,9,13H,8H2,1-3H3. The zero-order valence-corrected chi connectivity index (χ0v) is 10.8. The van der Waals surface area contributed by atoms with Crippen molar-refractivity contribution >= 4 is 23.5 Å². The van der Waals surface area contributed by atoms with Crippen molar-refractivity contribution in [3.8, 4) is 0 Å². The van der Waals surface area contributed by atoms with E-state index in [0.29, 0.717) is 0 Å². The van der Waals surface area contributed by atoms with Crippen LogP contribution in [-0.4, -0.2) is 32.4 Å². The van der Waals surface area contributed by atoms with Crippen molar-refractivity contribution in [3.05, 3.63) is 24.3 Å². The van der Waals surface area contributed by atoms with Gasteiger partial charge in [-0.2, -0.15) is 0 Å². The Labute approximate surface area is 107 Å². The molecular formula is C13H17N3O2. The third-order valence-corrected chi connectivity index (χ3v) is 3.03. The van der Waals surface area contributed by atoms with Crippen LogP contribution in [0, 0.1) is 0 Å². The average molecular weight is 247 g/mol. The van der Waals surface area contributed by atoms with Gasteiger partial charge in [-0.3, -0.25) is 4.79 Å². The van der Waals surface area contributed by atoms with Crippen LogP contribution >= 0.6 is 0 Å². The van der Waals surface area contributed by atoms with E-state index in [0.717, 1.165) is 29.9 Å². The van der Waals surface area contributed by atoms with Gasteiger partial charge >= 0.3 is 0 Å². The molecule has 0 aliphatic carbocycles. The lowest BCUT2D eigenvalue weighted by Gasteiger charge is -2.28. The van der Waals surface area contributed by atoms with E-state index in [1.54, 1.807) is 11.9 Å². The van der Waals surface area contributed by atoms with Gasteiger partial charge in [0.15, 0.2) is 0 Å². The lowest BCUT2D eigenvalue weighted by atomic mass is 10.2. The highest BCUT2D eigenvalue weighted by Gasteiger charge is 2.24. The van der Waals surface area contributed by atoms with Crippen LogP contribution in [-0.2, 0) is 9.63 Å². The molecule has 1 aromatic carbocycles. The van der Waals surface area contributed by atoms with Crippen LogP contribution in [0.3, 0.4) is 0 Å². The van der Waals surface area contributed by atoms with Crippen LogP contribution in [0.4, 0.5) is 11.4 Å². The van der Waals surface area contributed by atoms with Gasteiger partial charge in [0.2, 0.25) is 12.6 Å². The first kappa shape index (κ1) is 12.4. The molecule has 5 heteroatoms. The molecular weight excluding hydrogens is 230 g/mol. The minimum Gasteiger partial charge on any atom is -0.370 e. The summed E-state index contributed by atoms with van der Waals surface area (Å²) < 4.78 is 0. The van der Waals surface area contributed by atoms with Crippen LogP contribution in [0.5, 0.6) is 0 Å². The number of carbonyl (C=O) groups excluding carboxylic acids is 1. The summed E-state index contributed by atoms with van der Waals surface area (Å²) in [7, 11) is 3.67. The monoisotopic (exact) mass is 247 g/mol. The lowest BCUT2D eigenvalue weighted by Crippen LogP contribution is -2.32. The first-order valence-corrected chi connectivity index (χ1v) is 5.82. The van der Waals surface area contributed by atoms with Crippen LogP contribution in [0.1, 0.15) is 13.3 Å². The summed E-state index contributed by atoms with van der Waals surface area (Å²) in [5.74, 6) is 0. The van der Waals surface area contributed by atoms with Crippen LogP contribution in [0.15, 0.2) is 29.4 Å². The molecule has 0 N–H and O–H groups in total. The number of carbonyl (C=O) groups is 1. The molecule has 1 heterocycles. The van der Waals surface area contributed by atoms with E-state index in [-0.39, 0.29) is 6.23 Å². The molecule has 2 rings (SSSR count). The van der Waals surface area contributed by atoms with Gasteiger partial charge in [-0.05, 0) is 19.1 Å². The number of rotatable bonds is 4. The van der Waals surface area contributed by atoms with E-state index < -0.39 is 0 Å². The van der Waals surface area contributed by atoms with Gasteiger partial charge in [-0.15, -0.1) is 0 Å². The van der Waals surface area contributed by atoms with E-state index >= 15 is 0 Å². The molecule has 18 heavy (non-hydrogen) atoms. The normalized spacial score (nSPS) is 17.9. The van der Waals surface area contributed by atoms with Crippen molar-refractivity contribution in [2.24, 2.45) is 5.16 Å². The van der Waals surface area contributed by atoms with Crippen molar-refractivity contribution in [2.45, 2.75) is 19.6 Å². The number of nitrogens with zero attached hydrogens (tertiary/aromatic N) is 3. The van der Waals surface area contributed by atoms with Crippen molar-refractivity contribution in [1.29, 1.82) is 0 Å². The molecule has 1 aromatic rings. The maximum Gasteiger partial charge on any atom is 0.213 e. The highest BCUT2D eigenvalue weighted by molar-refractivity contribution is 5.85. The first-order chi connectivity index (χ1) is 8.63. The zero-order valence-electron chi connectivity index (χ0n) is 10.8. The Morgan fingerprint density at radius 3 is 2.56 bits per heavy atom. The summed E-state index contributed by atoms with van der Waals surface area (Å²) in [6.45, 7) is 1.94. The largest absolute Gasteiger partial charge is 0.370 e. The number of para-hydroxylation sites is 2. The number of oxime groups is 1. The van der Waals surface area contributed by atoms with Gasteiger partial charge in [0.25, 0.3) is 0 Å². The molecule has 1 aliphatic heterocycles.